The molecule has 5 nitrogen and oxygen atoms in total. The molecule has 3 aromatic rings. The first-order valence-corrected chi connectivity index (χ1v) is 11.0. The number of carbonyl (C=O) groups is 1. The number of amides is 1. The molecule has 1 aliphatic carbocycles. The van der Waals surface area contributed by atoms with Crippen molar-refractivity contribution < 1.29 is 27.8 Å². The number of aliphatic hydroxyl groups excluding tert-OH is 1. The molecule has 2 unspecified atom stereocenters. The molecule has 0 fully saturated rings. The lowest BCUT2D eigenvalue weighted by Crippen LogP contribution is -2.43. The van der Waals surface area contributed by atoms with Crippen LogP contribution in [0.2, 0.25) is 0 Å². The van der Waals surface area contributed by atoms with E-state index in [-0.39, 0.29) is 24.8 Å². The van der Waals surface area contributed by atoms with E-state index in [1.54, 1.807) is 19.1 Å². The predicted molar refractivity (Wildman–Crippen MR) is 120 cm³/mol. The molecule has 4 rings (SSSR count). The summed E-state index contributed by atoms with van der Waals surface area (Å²) in [6.07, 6.45) is -3.46. The molecule has 8 heteroatoms. The van der Waals surface area contributed by atoms with Crippen molar-refractivity contribution in [3.63, 3.8) is 0 Å². The smallest absolute Gasteiger partial charge is 0.416 e. The summed E-state index contributed by atoms with van der Waals surface area (Å²) in [5, 5.41) is 9.84. The second-order valence-electron chi connectivity index (χ2n) is 8.35. The SMILES string of the molecule is CC(CO)N(C(=O)c1cccc(OCc2ccccc2)n1)C1CCc2ccc(C(F)(F)F)cc21. The van der Waals surface area contributed by atoms with Crippen LogP contribution in [0.3, 0.4) is 0 Å². The summed E-state index contributed by atoms with van der Waals surface area (Å²) >= 11 is 0. The zero-order valence-electron chi connectivity index (χ0n) is 18.6. The fraction of sp³-hybridized carbons (Fsp3) is 0.308. The van der Waals surface area contributed by atoms with Gasteiger partial charge in [0.15, 0.2) is 0 Å². The van der Waals surface area contributed by atoms with E-state index in [2.05, 4.69) is 4.98 Å². The summed E-state index contributed by atoms with van der Waals surface area (Å²) in [6, 6.07) is 16.8. The number of fused-ring (bicyclic) bond motifs is 1. The molecule has 0 saturated carbocycles. The summed E-state index contributed by atoms with van der Waals surface area (Å²) < 4.78 is 45.7. The third kappa shape index (κ3) is 5.07. The molecule has 0 radical (unpaired) electrons. The first kappa shape index (κ1) is 23.8. The lowest BCUT2D eigenvalue weighted by Gasteiger charge is -2.34. The number of rotatable bonds is 7. The molecule has 2 atom stereocenters. The Balaban J connectivity index is 1.61. The molecule has 2 aromatic carbocycles. The minimum Gasteiger partial charge on any atom is -0.473 e. The average Bonchev–Trinajstić information content (AvgIpc) is 3.26. The van der Waals surface area contributed by atoms with Gasteiger partial charge in [-0.3, -0.25) is 4.79 Å². The van der Waals surface area contributed by atoms with Crippen LogP contribution in [0.4, 0.5) is 13.2 Å². The van der Waals surface area contributed by atoms with Crippen molar-refractivity contribution in [2.45, 2.75) is 44.6 Å². The molecular formula is C26H25F3N2O3. The maximum atomic E-state index is 13.5. The normalized spacial score (nSPS) is 16.1. The first-order valence-electron chi connectivity index (χ1n) is 11.0. The largest absolute Gasteiger partial charge is 0.473 e. The van der Waals surface area contributed by atoms with Gasteiger partial charge >= 0.3 is 6.18 Å². The second kappa shape index (κ2) is 9.85. The van der Waals surface area contributed by atoms with Gasteiger partial charge in [0, 0.05) is 6.07 Å². The third-order valence-electron chi connectivity index (χ3n) is 6.00. The molecule has 1 heterocycles. The van der Waals surface area contributed by atoms with Crippen LogP contribution in [0.15, 0.2) is 66.7 Å². The van der Waals surface area contributed by atoms with Crippen molar-refractivity contribution in [3.05, 3.63) is 94.7 Å². The standard InChI is InChI=1S/C26H25F3N2O3/c1-17(15-32)31(23-13-11-19-10-12-20(14-21(19)23)26(27,28)29)25(33)22-8-5-9-24(30-22)34-16-18-6-3-2-4-7-18/h2-10,12,14,17,23,32H,11,13,15-16H2,1H3. The summed E-state index contributed by atoms with van der Waals surface area (Å²) in [4.78, 5) is 19.3. The third-order valence-corrected chi connectivity index (χ3v) is 6.00. The molecule has 1 aromatic heterocycles. The van der Waals surface area contributed by atoms with Gasteiger partial charge in [0.2, 0.25) is 5.88 Å². The maximum Gasteiger partial charge on any atom is 0.416 e. The number of aromatic nitrogens is 1. The van der Waals surface area contributed by atoms with Gasteiger partial charge in [0.25, 0.3) is 5.91 Å². The number of hydrogen-bond acceptors (Lipinski definition) is 4. The molecule has 0 saturated heterocycles. The van der Waals surface area contributed by atoms with E-state index in [0.29, 0.717) is 18.4 Å². The van der Waals surface area contributed by atoms with E-state index < -0.39 is 29.7 Å². The lowest BCUT2D eigenvalue weighted by molar-refractivity contribution is -0.137. The summed E-state index contributed by atoms with van der Waals surface area (Å²) in [7, 11) is 0. The molecule has 0 bridgehead atoms. The fourth-order valence-electron chi connectivity index (χ4n) is 4.26. The highest BCUT2D eigenvalue weighted by Gasteiger charge is 2.38. The number of carbonyl (C=O) groups excluding carboxylic acids is 1. The number of aryl methyl sites for hydroxylation is 1. The van der Waals surface area contributed by atoms with Gasteiger partial charge in [-0.15, -0.1) is 0 Å². The Kier molecular flexibility index (Phi) is 6.88. The van der Waals surface area contributed by atoms with Gasteiger partial charge in [-0.05, 0) is 54.7 Å². The Labute approximate surface area is 195 Å². The van der Waals surface area contributed by atoms with E-state index >= 15 is 0 Å². The highest BCUT2D eigenvalue weighted by atomic mass is 19.4. The van der Waals surface area contributed by atoms with E-state index in [4.69, 9.17) is 4.74 Å². The van der Waals surface area contributed by atoms with Gasteiger partial charge in [0.1, 0.15) is 12.3 Å². The number of alkyl halides is 3. The Morgan fingerprint density at radius 1 is 1.15 bits per heavy atom. The number of hydrogen-bond donors (Lipinski definition) is 1. The minimum absolute atomic E-state index is 0.103. The highest BCUT2D eigenvalue weighted by Crippen LogP contribution is 2.41. The van der Waals surface area contributed by atoms with Crippen LogP contribution in [0.25, 0.3) is 0 Å². The van der Waals surface area contributed by atoms with Gasteiger partial charge in [0.05, 0.1) is 24.3 Å². The van der Waals surface area contributed by atoms with Crippen LogP contribution in [-0.2, 0) is 19.2 Å². The minimum atomic E-state index is -4.48. The number of ether oxygens (including phenoxy) is 1. The highest BCUT2D eigenvalue weighted by molar-refractivity contribution is 5.93. The molecular weight excluding hydrogens is 445 g/mol. The Bertz CT molecular complexity index is 1150. The second-order valence-corrected chi connectivity index (χ2v) is 8.35. The van der Waals surface area contributed by atoms with Crippen LogP contribution in [0.5, 0.6) is 5.88 Å². The molecule has 1 N–H and O–H groups in total. The number of aliphatic hydroxyl groups is 1. The number of halogens is 3. The average molecular weight is 470 g/mol. The molecule has 1 aliphatic rings. The Morgan fingerprint density at radius 3 is 2.62 bits per heavy atom. The van der Waals surface area contributed by atoms with E-state index in [1.807, 2.05) is 30.3 Å². The molecule has 34 heavy (non-hydrogen) atoms. The maximum absolute atomic E-state index is 13.5. The van der Waals surface area contributed by atoms with Crippen LogP contribution in [0.1, 0.15) is 52.1 Å². The zero-order valence-corrected chi connectivity index (χ0v) is 18.6. The number of pyridine rings is 1. The first-order chi connectivity index (χ1) is 16.3. The molecule has 0 spiro atoms. The summed E-state index contributed by atoms with van der Waals surface area (Å²) in [5.74, 6) is -0.209. The quantitative estimate of drug-likeness (QED) is 0.516. The van der Waals surface area contributed by atoms with Crippen molar-refractivity contribution in [1.82, 2.24) is 9.88 Å². The molecule has 0 aliphatic heterocycles. The van der Waals surface area contributed by atoms with Crippen molar-refractivity contribution in [1.29, 1.82) is 0 Å². The van der Waals surface area contributed by atoms with E-state index in [9.17, 15) is 23.1 Å². The van der Waals surface area contributed by atoms with E-state index in [1.165, 1.54) is 17.0 Å². The van der Waals surface area contributed by atoms with Crippen LogP contribution in [0, 0.1) is 0 Å². The van der Waals surface area contributed by atoms with Crippen LogP contribution < -0.4 is 4.74 Å². The monoisotopic (exact) mass is 470 g/mol. The van der Waals surface area contributed by atoms with Crippen molar-refractivity contribution >= 4 is 5.91 Å². The summed E-state index contributed by atoms with van der Waals surface area (Å²) in [5.41, 5.74) is 1.52. The topological polar surface area (TPSA) is 62.7 Å². The Morgan fingerprint density at radius 2 is 1.91 bits per heavy atom. The number of nitrogens with zero attached hydrogens (tertiary/aromatic N) is 2. The zero-order chi connectivity index (χ0) is 24.3. The van der Waals surface area contributed by atoms with Crippen molar-refractivity contribution in [2.24, 2.45) is 0 Å². The van der Waals surface area contributed by atoms with Crippen LogP contribution in [-0.4, -0.2) is 33.5 Å². The van der Waals surface area contributed by atoms with Gasteiger partial charge in [-0.1, -0.05) is 42.5 Å². The van der Waals surface area contributed by atoms with Crippen LogP contribution >= 0.6 is 0 Å². The fourth-order valence-corrected chi connectivity index (χ4v) is 4.26. The van der Waals surface area contributed by atoms with Crippen molar-refractivity contribution in [3.8, 4) is 5.88 Å². The predicted octanol–water partition coefficient (Wildman–Crippen LogP) is 5.19. The van der Waals surface area contributed by atoms with Crippen molar-refractivity contribution in [2.75, 3.05) is 6.61 Å². The Hall–Kier alpha value is -3.39. The molecule has 178 valence electrons. The number of benzene rings is 2. The van der Waals surface area contributed by atoms with Gasteiger partial charge in [-0.25, -0.2) is 4.98 Å². The van der Waals surface area contributed by atoms with Gasteiger partial charge in [-0.2, -0.15) is 13.2 Å². The summed E-state index contributed by atoms with van der Waals surface area (Å²) in [6.45, 7) is 1.61. The molecule has 1 amide bonds. The van der Waals surface area contributed by atoms with Gasteiger partial charge < -0.3 is 14.7 Å². The van der Waals surface area contributed by atoms with E-state index in [0.717, 1.165) is 23.3 Å². The lowest BCUT2D eigenvalue weighted by atomic mass is 10.0.